The molecule has 0 radical (unpaired) electrons. The van der Waals surface area contributed by atoms with Crippen LogP contribution in [0, 0.1) is 0 Å². The lowest BCUT2D eigenvalue weighted by molar-refractivity contribution is 0.0924. The van der Waals surface area contributed by atoms with Gasteiger partial charge in [0.05, 0.1) is 12.2 Å². The highest BCUT2D eigenvalue weighted by molar-refractivity contribution is 7.72. The number of hydrogen-bond acceptors (Lipinski definition) is 4. The summed E-state index contributed by atoms with van der Waals surface area (Å²) < 4.78 is 23.1. The van der Waals surface area contributed by atoms with Gasteiger partial charge in [0, 0.05) is 10.6 Å². The second-order valence-electron chi connectivity index (χ2n) is 4.62. The fourth-order valence-corrected chi connectivity index (χ4v) is 3.45. The fraction of sp³-hybridized carbons (Fsp3) is 0.462. The van der Waals surface area contributed by atoms with Crippen molar-refractivity contribution in [2.75, 3.05) is 0 Å². The fourth-order valence-electron chi connectivity index (χ4n) is 1.46. The summed E-state index contributed by atoms with van der Waals surface area (Å²) in [6.45, 7) is 6.78. The van der Waals surface area contributed by atoms with E-state index in [1.165, 1.54) is 12.1 Å². The summed E-state index contributed by atoms with van der Waals surface area (Å²) in [5, 5.41) is 0.395. The molecule has 0 spiro atoms. The molecule has 1 aromatic carbocycles. The van der Waals surface area contributed by atoms with Crippen LogP contribution in [-0.2, 0) is 13.6 Å². The van der Waals surface area contributed by atoms with E-state index in [0.29, 0.717) is 5.02 Å². The van der Waals surface area contributed by atoms with Crippen LogP contribution in [0.2, 0.25) is 5.02 Å². The molecule has 0 saturated carbocycles. The lowest BCUT2D eigenvalue weighted by Gasteiger charge is -2.21. The Morgan fingerprint density at radius 3 is 2.11 bits per heavy atom. The minimum Gasteiger partial charge on any atom is -0.300 e. The van der Waals surface area contributed by atoms with E-state index in [1.54, 1.807) is 39.8 Å². The van der Waals surface area contributed by atoms with E-state index >= 15 is 0 Å². The Kier molecular flexibility index (Phi) is 5.75. The maximum atomic E-state index is 12.6. The molecule has 0 aromatic heterocycles. The first kappa shape index (κ1) is 16.4. The number of carbonyl (C=O) groups is 1. The normalized spacial score (nSPS) is 12.2. The molecule has 4 nitrogen and oxygen atoms in total. The molecule has 6 heteroatoms. The van der Waals surface area contributed by atoms with Gasteiger partial charge in [0.15, 0.2) is 0 Å². The van der Waals surface area contributed by atoms with Gasteiger partial charge in [-0.2, -0.15) is 0 Å². The summed E-state index contributed by atoms with van der Waals surface area (Å²) in [4.78, 5) is 12.3. The number of benzene rings is 1. The molecule has 0 aliphatic heterocycles. The third-order valence-electron chi connectivity index (χ3n) is 2.02. The highest BCUT2D eigenvalue weighted by Gasteiger charge is 2.37. The van der Waals surface area contributed by atoms with Gasteiger partial charge in [-0.1, -0.05) is 23.7 Å². The Hall–Kier alpha value is -0.670. The summed E-state index contributed by atoms with van der Waals surface area (Å²) in [7, 11) is -3.86. The molecule has 0 bridgehead atoms. The summed E-state index contributed by atoms with van der Waals surface area (Å²) in [6.07, 6.45) is -0.763. The number of hydrogen-bond donors (Lipinski definition) is 0. The predicted molar refractivity (Wildman–Crippen MR) is 75.8 cm³/mol. The molecule has 0 unspecified atom stereocenters. The van der Waals surface area contributed by atoms with E-state index < -0.39 is 13.1 Å². The van der Waals surface area contributed by atoms with Gasteiger partial charge >= 0.3 is 7.60 Å². The molecular formula is C13H18ClO4P. The standard InChI is InChI=1S/C13H18ClO4P/c1-9(2)17-19(16,18-10(3)4)13(15)11-6-5-7-12(14)8-11/h5-10H,1-4H3. The van der Waals surface area contributed by atoms with Crippen LogP contribution >= 0.6 is 19.2 Å². The molecule has 0 aliphatic rings. The van der Waals surface area contributed by atoms with Gasteiger partial charge < -0.3 is 9.05 Å². The van der Waals surface area contributed by atoms with Crippen molar-refractivity contribution in [3.63, 3.8) is 0 Å². The van der Waals surface area contributed by atoms with Crippen LogP contribution in [0.1, 0.15) is 38.1 Å². The Morgan fingerprint density at radius 2 is 1.68 bits per heavy atom. The quantitative estimate of drug-likeness (QED) is 0.725. The van der Waals surface area contributed by atoms with E-state index in [1.807, 2.05) is 0 Å². The van der Waals surface area contributed by atoms with Crippen LogP contribution in [0.3, 0.4) is 0 Å². The summed E-state index contributed by atoms with van der Waals surface area (Å²) >= 11 is 5.83. The first-order valence-electron chi connectivity index (χ1n) is 6.02. The van der Waals surface area contributed by atoms with Crippen LogP contribution in [-0.4, -0.2) is 17.7 Å². The topological polar surface area (TPSA) is 52.6 Å². The SMILES string of the molecule is CC(C)OP(=O)(OC(C)C)C(=O)c1cccc(Cl)c1. The van der Waals surface area contributed by atoms with Crippen molar-refractivity contribution < 1.29 is 18.4 Å². The molecule has 106 valence electrons. The summed E-state index contributed by atoms with van der Waals surface area (Å²) in [5.74, 6) is 0. The van der Waals surface area contributed by atoms with Crippen molar-refractivity contribution in [2.24, 2.45) is 0 Å². The van der Waals surface area contributed by atoms with E-state index in [9.17, 15) is 9.36 Å². The van der Waals surface area contributed by atoms with Crippen molar-refractivity contribution in [1.82, 2.24) is 0 Å². The average molecular weight is 305 g/mol. The highest BCUT2D eigenvalue weighted by Crippen LogP contribution is 2.53. The average Bonchev–Trinajstić information content (AvgIpc) is 2.25. The Balaban J connectivity index is 3.11. The summed E-state index contributed by atoms with van der Waals surface area (Å²) in [6, 6.07) is 6.23. The molecular weight excluding hydrogens is 287 g/mol. The zero-order chi connectivity index (χ0) is 14.6. The van der Waals surface area contributed by atoms with Gasteiger partial charge in [-0.15, -0.1) is 0 Å². The van der Waals surface area contributed by atoms with Crippen LogP contribution < -0.4 is 0 Å². The molecule has 19 heavy (non-hydrogen) atoms. The van der Waals surface area contributed by atoms with Gasteiger partial charge in [0.25, 0.3) is 5.52 Å². The van der Waals surface area contributed by atoms with Crippen LogP contribution in [0.4, 0.5) is 0 Å². The van der Waals surface area contributed by atoms with Gasteiger partial charge in [-0.3, -0.25) is 9.36 Å². The van der Waals surface area contributed by atoms with Gasteiger partial charge in [-0.25, -0.2) is 0 Å². The van der Waals surface area contributed by atoms with E-state index in [-0.39, 0.29) is 17.8 Å². The minimum absolute atomic E-state index is 0.220. The second kappa shape index (κ2) is 6.67. The lowest BCUT2D eigenvalue weighted by atomic mass is 10.2. The molecule has 0 amide bonds. The second-order valence-corrected chi connectivity index (χ2v) is 6.88. The first-order chi connectivity index (χ1) is 8.74. The van der Waals surface area contributed by atoms with Gasteiger partial charge in [0.2, 0.25) is 0 Å². The van der Waals surface area contributed by atoms with Crippen LogP contribution in [0.5, 0.6) is 0 Å². The molecule has 1 aromatic rings. The van der Waals surface area contributed by atoms with Gasteiger partial charge in [0.1, 0.15) is 0 Å². The van der Waals surface area contributed by atoms with Crippen molar-refractivity contribution in [2.45, 2.75) is 39.9 Å². The maximum absolute atomic E-state index is 12.6. The Morgan fingerprint density at radius 1 is 1.16 bits per heavy atom. The van der Waals surface area contributed by atoms with E-state index in [2.05, 4.69) is 0 Å². The van der Waals surface area contributed by atoms with Crippen LogP contribution in [0.25, 0.3) is 0 Å². The number of rotatable bonds is 6. The minimum atomic E-state index is -3.86. The highest BCUT2D eigenvalue weighted by atomic mass is 35.5. The van der Waals surface area contributed by atoms with Crippen LogP contribution in [0.15, 0.2) is 24.3 Å². The Bertz CT molecular complexity index is 485. The molecule has 0 aliphatic carbocycles. The van der Waals surface area contributed by atoms with Crippen molar-refractivity contribution in [3.8, 4) is 0 Å². The maximum Gasteiger partial charge on any atom is 0.402 e. The third-order valence-corrected chi connectivity index (χ3v) is 4.41. The largest absolute Gasteiger partial charge is 0.402 e. The number of halogens is 1. The lowest BCUT2D eigenvalue weighted by Crippen LogP contribution is -2.14. The molecule has 0 fully saturated rings. The number of carbonyl (C=O) groups excluding carboxylic acids is 1. The van der Waals surface area contributed by atoms with Crippen molar-refractivity contribution >= 4 is 24.7 Å². The van der Waals surface area contributed by atoms with E-state index in [0.717, 1.165) is 0 Å². The van der Waals surface area contributed by atoms with Crippen molar-refractivity contribution in [3.05, 3.63) is 34.9 Å². The zero-order valence-corrected chi connectivity index (χ0v) is 13.1. The van der Waals surface area contributed by atoms with E-state index in [4.69, 9.17) is 20.6 Å². The molecule has 1 rings (SSSR count). The predicted octanol–water partition coefficient (Wildman–Crippen LogP) is 4.52. The summed E-state index contributed by atoms with van der Waals surface area (Å²) in [5.41, 5.74) is -0.450. The Labute approximate surface area is 118 Å². The smallest absolute Gasteiger partial charge is 0.300 e. The zero-order valence-electron chi connectivity index (χ0n) is 11.4. The third kappa shape index (κ3) is 4.73. The van der Waals surface area contributed by atoms with Gasteiger partial charge in [-0.05, 0) is 39.8 Å². The molecule has 0 N–H and O–H groups in total. The molecule has 0 atom stereocenters. The first-order valence-corrected chi connectivity index (χ1v) is 7.94. The van der Waals surface area contributed by atoms with Crippen molar-refractivity contribution in [1.29, 1.82) is 0 Å². The molecule has 0 saturated heterocycles. The monoisotopic (exact) mass is 304 g/mol. The molecule has 0 heterocycles.